The smallest absolute Gasteiger partial charge is 0.127 e. The fourth-order valence-corrected chi connectivity index (χ4v) is 2.22. The molecule has 4 heteroatoms. The SMILES string of the molecule is COc1ccc([C@H]2CCCCN2)c(OC)c1.Cl. The topological polar surface area (TPSA) is 30.5 Å². The Morgan fingerprint density at radius 1 is 1.18 bits per heavy atom. The zero-order chi connectivity index (χ0) is 11.4. The van der Waals surface area contributed by atoms with Crippen LogP contribution in [0.5, 0.6) is 11.5 Å². The molecule has 1 atom stereocenters. The first-order chi connectivity index (χ1) is 7.85. The van der Waals surface area contributed by atoms with E-state index in [9.17, 15) is 0 Å². The number of rotatable bonds is 3. The quantitative estimate of drug-likeness (QED) is 0.903. The molecule has 1 aliphatic rings. The van der Waals surface area contributed by atoms with Crippen LogP contribution < -0.4 is 14.8 Å². The lowest BCUT2D eigenvalue weighted by Crippen LogP contribution is -2.27. The lowest BCUT2D eigenvalue weighted by molar-refractivity contribution is 0.366. The van der Waals surface area contributed by atoms with Gasteiger partial charge >= 0.3 is 0 Å². The second-order valence-electron chi connectivity index (χ2n) is 4.11. The summed E-state index contributed by atoms with van der Waals surface area (Å²) < 4.78 is 10.6. The van der Waals surface area contributed by atoms with E-state index in [2.05, 4.69) is 11.4 Å². The van der Waals surface area contributed by atoms with Crippen LogP contribution >= 0.6 is 12.4 Å². The normalized spacial score (nSPS) is 19.3. The number of hydrogen-bond acceptors (Lipinski definition) is 3. The summed E-state index contributed by atoms with van der Waals surface area (Å²) in [5, 5.41) is 3.53. The average molecular weight is 258 g/mol. The summed E-state index contributed by atoms with van der Waals surface area (Å²) in [4.78, 5) is 0. The van der Waals surface area contributed by atoms with Gasteiger partial charge < -0.3 is 14.8 Å². The molecule has 0 saturated carbocycles. The van der Waals surface area contributed by atoms with Crippen LogP contribution in [0.1, 0.15) is 30.9 Å². The first-order valence-corrected chi connectivity index (χ1v) is 5.80. The fraction of sp³-hybridized carbons (Fsp3) is 0.538. The Balaban J connectivity index is 0.00000144. The van der Waals surface area contributed by atoms with Crippen molar-refractivity contribution in [3.8, 4) is 11.5 Å². The molecule has 1 aliphatic heterocycles. The Bertz CT molecular complexity index is 351. The van der Waals surface area contributed by atoms with Gasteiger partial charge in [0.1, 0.15) is 11.5 Å². The molecule has 1 heterocycles. The third kappa shape index (κ3) is 3.27. The highest BCUT2D eigenvalue weighted by atomic mass is 35.5. The number of nitrogens with one attached hydrogen (secondary N) is 1. The summed E-state index contributed by atoms with van der Waals surface area (Å²) >= 11 is 0. The number of benzene rings is 1. The molecule has 0 radical (unpaired) electrons. The molecule has 17 heavy (non-hydrogen) atoms. The lowest BCUT2D eigenvalue weighted by Gasteiger charge is -2.25. The van der Waals surface area contributed by atoms with Crippen molar-refractivity contribution < 1.29 is 9.47 Å². The number of halogens is 1. The number of methoxy groups -OCH3 is 2. The van der Waals surface area contributed by atoms with E-state index in [0.717, 1.165) is 18.0 Å². The van der Waals surface area contributed by atoms with Gasteiger partial charge in [-0.15, -0.1) is 12.4 Å². The Labute approximate surface area is 109 Å². The molecule has 0 spiro atoms. The predicted octanol–water partition coefficient (Wildman–Crippen LogP) is 2.94. The van der Waals surface area contributed by atoms with Gasteiger partial charge in [0, 0.05) is 17.7 Å². The zero-order valence-electron chi connectivity index (χ0n) is 10.4. The van der Waals surface area contributed by atoms with Gasteiger partial charge in [0.05, 0.1) is 14.2 Å². The minimum Gasteiger partial charge on any atom is -0.497 e. The average Bonchev–Trinajstić information content (AvgIpc) is 2.39. The molecule has 1 fully saturated rings. The van der Waals surface area contributed by atoms with Crippen molar-refractivity contribution in [1.82, 2.24) is 5.32 Å². The molecule has 0 amide bonds. The molecule has 96 valence electrons. The predicted molar refractivity (Wildman–Crippen MR) is 71.4 cm³/mol. The third-order valence-corrected chi connectivity index (χ3v) is 3.13. The summed E-state index contributed by atoms with van der Waals surface area (Å²) in [6.45, 7) is 1.10. The van der Waals surface area contributed by atoms with Crippen molar-refractivity contribution in [3.63, 3.8) is 0 Å². The van der Waals surface area contributed by atoms with Crippen LogP contribution in [0.2, 0.25) is 0 Å². The molecule has 0 bridgehead atoms. The molecule has 0 aliphatic carbocycles. The minimum absolute atomic E-state index is 0. The third-order valence-electron chi connectivity index (χ3n) is 3.13. The Morgan fingerprint density at radius 3 is 2.59 bits per heavy atom. The second-order valence-corrected chi connectivity index (χ2v) is 4.11. The van der Waals surface area contributed by atoms with Crippen LogP contribution in [0.4, 0.5) is 0 Å². The highest BCUT2D eigenvalue weighted by Crippen LogP contribution is 2.33. The van der Waals surface area contributed by atoms with E-state index in [1.807, 2.05) is 12.1 Å². The van der Waals surface area contributed by atoms with E-state index < -0.39 is 0 Å². The summed E-state index contributed by atoms with van der Waals surface area (Å²) in [6, 6.07) is 6.47. The van der Waals surface area contributed by atoms with E-state index in [4.69, 9.17) is 9.47 Å². The van der Waals surface area contributed by atoms with Gasteiger partial charge in [0.25, 0.3) is 0 Å². The first-order valence-electron chi connectivity index (χ1n) is 5.80. The van der Waals surface area contributed by atoms with Gasteiger partial charge in [-0.05, 0) is 25.5 Å². The van der Waals surface area contributed by atoms with Gasteiger partial charge in [-0.1, -0.05) is 12.5 Å². The number of piperidine rings is 1. The number of ether oxygens (including phenoxy) is 2. The monoisotopic (exact) mass is 257 g/mol. The molecule has 3 nitrogen and oxygen atoms in total. The lowest BCUT2D eigenvalue weighted by atomic mass is 9.96. The molecule has 1 N–H and O–H groups in total. The summed E-state index contributed by atoms with van der Waals surface area (Å²) in [5.74, 6) is 1.76. The van der Waals surface area contributed by atoms with Crippen LogP contribution in [0.15, 0.2) is 18.2 Å². The van der Waals surface area contributed by atoms with Crippen LogP contribution in [0.3, 0.4) is 0 Å². The van der Waals surface area contributed by atoms with Crippen LogP contribution in [0.25, 0.3) is 0 Å². The molecule has 0 aromatic heterocycles. The second kappa shape index (κ2) is 6.72. The van der Waals surface area contributed by atoms with E-state index >= 15 is 0 Å². The summed E-state index contributed by atoms with van der Waals surface area (Å²) in [7, 11) is 3.38. The molecular formula is C13H20ClNO2. The highest BCUT2D eigenvalue weighted by molar-refractivity contribution is 5.85. The van der Waals surface area contributed by atoms with Crippen LogP contribution in [-0.2, 0) is 0 Å². The molecule has 2 rings (SSSR count). The molecule has 1 saturated heterocycles. The van der Waals surface area contributed by atoms with Crippen molar-refractivity contribution >= 4 is 12.4 Å². The zero-order valence-corrected chi connectivity index (χ0v) is 11.2. The molecular weight excluding hydrogens is 238 g/mol. The van der Waals surface area contributed by atoms with Gasteiger partial charge in [0.2, 0.25) is 0 Å². The highest BCUT2D eigenvalue weighted by Gasteiger charge is 2.18. The van der Waals surface area contributed by atoms with Crippen molar-refractivity contribution in [3.05, 3.63) is 23.8 Å². The van der Waals surface area contributed by atoms with Crippen molar-refractivity contribution in [2.75, 3.05) is 20.8 Å². The molecule has 1 aromatic rings. The van der Waals surface area contributed by atoms with Crippen molar-refractivity contribution in [1.29, 1.82) is 0 Å². The van der Waals surface area contributed by atoms with Crippen molar-refractivity contribution in [2.24, 2.45) is 0 Å². The minimum atomic E-state index is 0. The maximum atomic E-state index is 5.42. The molecule has 1 aromatic carbocycles. The maximum Gasteiger partial charge on any atom is 0.127 e. The summed E-state index contributed by atoms with van der Waals surface area (Å²) in [5.41, 5.74) is 1.24. The van der Waals surface area contributed by atoms with Crippen LogP contribution in [-0.4, -0.2) is 20.8 Å². The largest absolute Gasteiger partial charge is 0.497 e. The van der Waals surface area contributed by atoms with E-state index in [0.29, 0.717) is 6.04 Å². The standard InChI is InChI=1S/C13H19NO2.ClH/c1-15-10-6-7-11(13(9-10)16-2)12-5-3-4-8-14-12;/h6-7,9,12,14H,3-5,8H2,1-2H3;1H/t12-;/m1./s1. The maximum absolute atomic E-state index is 5.42. The van der Waals surface area contributed by atoms with Gasteiger partial charge in [-0.3, -0.25) is 0 Å². The van der Waals surface area contributed by atoms with Crippen LogP contribution in [0, 0.1) is 0 Å². The van der Waals surface area contributed by atoms with Gasteiger partial charge in [-0.2, -0.15) is 0 Å². The Kier molecular flexibility index (Phi) is 5.59. The Hall–Kier alpha value is -0.930. The van der Waals surface area contributed by atoms with Gasteiger partial charge in [0.15, 0.2) is 0 Å². The molecule has 0 unspecified atom stereocenters. The fourth-order valence-electron chi connectivity index (χ4n) is 2.22. The first kappa shape index (κ1) is 14.1. The Morgan fingerprint density at radius 2 is 2.00 bits per heavy atom. The number of hydrogen-bond donors (Lipinski definition) is 1. The van der Waals surface area contributed by atoms with E-state index in [1.165, 1.54) is 24.8 Å². The van der Waals surface area contributed by atoms with E-state index in [1.54, 1.807) is 14.2 Å². The van der Waals surface area contributed by atoms with Crippen molar-refractivity contribution in [2.45, 2.75) is 25.3 Å². The van der Waals surface area contributed by atoms with E-state index in [-0.39, 0.29) is 12.4 Å². The van der Waals surface area contributed by atoms with Gasteiger partial charge in [-0.25, -0.2) is 0 Å². The summed E-state index contributed by atoms with van der Waals surface area (Å²) in [6.07, 6.45) is 3.74.